The van der Waals surface area contributed by atoms with E-state index in [9.17, 15) is 34.6 Å². The summed E-state index contributed by atoms with van der Waals surface area (Å²) in [5, 5.41) is 26.0. The molecule has 1 aliphatic rings. The normalized spacial score (nSPS) is 13.2. The second-order valence-corrected chi connectivity index (χ2v) is 5.97. The summed E-state index contributed by atoms with van der Waals surface area (Å²) in [5.41, 5.74) is -1.09. The summed E-state index contributed by atoms with van der Waals surface area (Å²) in [4.78, 5) is 55.3. The van der Waals surface area contributed by atoms with Gasteiger partial charge in [0.05, 0.1) is 23.0 Å². The molecule has 13 heteroatoms. The van der Waals surface area contributed by atoms with Crippen molar-refractivity contribution in [1.82, 2.24) is 10.6 Å². The van der Waals surface area contributed by atoms with E-state index < -0.39 is 39.1 Å². The van der Waals surface area contributed by atoms with Gasteiger partial charge in [-0.05, 0) is 29.8 Å². The first kappa shape index (κ1) is 20.9. The molecule has 3 rings (SSSR count). The lowest BCUT2D eigenvalue weighted by molar-refractivity contribution is -0.394. The Kier molecular flexibility index (Phi) is 5.59. The molecule has 1 aliphatic heterocycles. The number of ether oxygens (including phenoxy) is 2. The second kappa shape index (κ2) is 8.28. The van der Waals surface area contributed by atoms with Gasteiger partial charge in [-0.2, -0.15) is 0 Å². The fourth-order valence-corrected chi connectivity index (χ4v) is 2.60. The minimum atomic E-state index is -0.932. The van der Waals surface area contributed by atoms with Crippen molar-refractivity contribution in [3.05, 3.63) is 67.8 Å². The van der Waals surface area contributed by atoms with Crippen LogP contribution in [0.2, 0.25) is 0 Å². The Labute approximate surface area is 172 Å². The zero-order valence-corrected chi connectivity index (χ0v) is 15.6. The van der Waals surface area contributed by atoms with Crippen LogP contribution < -0.4 is 20.1 Å². The molecule has 158 valence electrons. The molecule has 2 N–H and O–H groups in total. The molecular weight excluding hydrogens is 416 g/mol. The number of nitro benzene ring substituents is 2. The van der Waals surface area contributed by atoms with Crippen molar-refractivity contribution >= 4 is 35.3 Å². The van der Waals surface area contributed by atoms with Gasteiger partial charge >= 0.3 is 11.7 Å². The first-order valence-corrected chi connectivity index (χ1v) is 8.36. The molecule has 0 aliphatic carbocycles. The Morgan fingerprint density at radius 2 is 1.52 bits per heavy atom. The number of non-ortho nitro benzene ring substituents is 1. The van der Waals surface area contributed by atoms with Gasteiger partial charge in [0.15, 0.2) is 11.5 Å². The van der Waals surface area contributed by atoms with E-state index in [1.165, 1.54) is 31.4 Å². The van der Waals surface area contributed by atoms with Crippen molar-refractivity contribution in [3.63, 3.8) is 0 Å². The molecule has 2 aromatic carbocycles. The Bertz CT molecular complexity index is 1150. The lowest BCUT2D eigenvalue weighted by Crippen LogP contribution is -2.51. The van der Waals surface area contributed by atoms with Gasteiger partial charge in [0.1, 0.15) is 5.57 Å². The van der Waals surface area contributed by atoms with Crippen LogP contribution in [-0.4, -0.2) is 34.8 Å². The summed E-state index contributed by atoms with van der Waals surface area (Å²) in [6.45, 7) is 0. The molecule has 1 heterocycles. The van der Waals surface area contributed by atoms with Gasteiger partial charge in [-0.1, -0.05) is 6.07 Å². The summed E-state index contributed by atoms with van der Waals surface area (Å²) in [7, 11) is 1.29. The number of nitrogens with zero attached hydrogens (tertiary/aromatic N) is 2. The fourth-order valence-electron chi connectivity index (χ4n) is 2.60. The van der Waals surface area contributed by atoms with Gasteiger partial charge in [0, 0.05) is 6.07 Å². The molecule has 1 saturated heterocycles. The topological polar surface area (TPSA) is 180 Å². The Morgan fingerprint density at radius 1 is 0.871 bits per heavy atom. The third kappa shape index (κ3) is 4.45. The zero-order chi connectivity index (χ0) is 22.7. The Balaban J connectivity index is 1.95. The van der Waals surface area contributed by atoms with E-state index in [1.54, 1.807) is 0 Å². The highest BCUT2D eigenvalue weighted by Crippen LogP contribution is 2.38. The van der Waals surface area contributed by atoms with E-state index >= 15 is 0 Å². The van der Waals surface area contributed by atoms with E-state index in [0.29, 0.717) is 5.56 Å². The minimum Gasteiger partial charge on any atom is -0.493 e. The second-order valence-electron chi connectivity index (χ2n) is 5.97. The molecule has 0 radical (unpaired) electrons. The van der Waals surface area contributed by atoms with Crippen LogP contribution in [0.4, 0.5) is 16.2 Å². The molecular formula is C18H12N4O9. The van der Waals surface area contributed by atoms with Crippen LogP contribution in [0, 0.1) is 20.2 Å². The maximum Gasteiger partial charge on any atom is 0.328 e. The number of nitro groups is 2. The number of benzene rings is 2. The van der Waals surface area contributed by atoms with Gasteiger partial charge < -0.3 is 9.47 Å². The molecule has 0 aromatic heterocycles. The molecule has 13 nitrogen and oxygen atoms in total. The Hall–Kier alpha value is -4.81. The number of carbonyl (C=O) groups excluding carboxylic acids is 3. The van der Waals surface area contributed by atoms with Gasteiger partial charge in [0.25, 0.3) is 17.5 Å². The van der Waals surface area contributed by atoms with E-state index in [1.807, 2.05) is 10.6 Å². The van der Waals surface area contributed by atoms with Crippen LogP contribution in [0.25, 0.3) is 6.08 Å². The number of imide groups is 2. The summed E-state index contributed by atoms with van der Waals surface area (Å²) >= 11 is 0. The smallest absolute Gasteiger partial charge is 0.328 e. The summed E-state index contributed by atoms with van der Waals surface area (Å²) < 4.78 is 10.7. The summed E-state index contributed by atoms with van der Waals surface area (Å²) in [6.07, 6.45) is 1.21. The van der Waals surface area contributed by atoms with Crippen molar-refractivity contribution in [2.45, 2.75) is 0 Å². The predicted molar refractivity (Wildman–Crippen MR) is 102 cm³/mol. The van der Waals surface area contributed by atoms with E-state index in [2.05, 4.69) is 0 Å². The van der Waals surface area contributed by atoms with Gasteiger partial charge in [0.2, 0.25) is 5.75 Å². The SMILES string of the molecule is COc1cc(C=C2C(=O)NC(=O)NC2=O)ccc1Oc1ccc([N+](=O)[O-])cc1[N+](=O)[O-]. The highest BCUT2D eigenvalue weighted by Gasteiger charge is 2.28. The van der Waals surface area contributed by atoms with Crippen molar-refractivity contribution in [2.24, 2.45) is 0 Å². The van der Waals surface area contributed by atoms with Crippen LogP contribution in [0.1, 0.15) is 5.56 Å². The minimum absolute atomic E-state index is 0.0364. The number of hydrogen-bond donors (Lipinski definition) is 2. The maximum absolute atomic E-state index is 11.8. The van der Waals surface area contributed by atoms with Crippen molar-refractivity contribution in [3.8, 4) is 17.2 Å². The summed E-state index contributed by atoms with van der Waals surface area (Å²) in [6, 6.07) is 6.14. The third-order valence-electron chi connectivity index (χ3n) is 4.01. The van der Waals surface area contributed by atoms with Gasteiger partial charge in [-0.3, -0.25) is 40.5 Å². The molecule has 1 fully saturated rings. The van der Waals surface area contributed by atoms with E-state index in [-0.39, 0.29) is 22.8 Å². The van der Waals surface area contributed by atoms with Gasteiger partial charge in [-0.15, -0.1) is 0 Å². The van der Waals surface area contributed by atoms with E-state index in [4.69, 9.17) is 9.47 Å². The average molecular weight is 428 g/mol. The molecule has 4 amide bonds. The van der Waals surface area contributed by atoms with Crippen LogP contribution in [0.5, 0.6) is 17.2 Å². The third-order valence-corrected chi connectivity index (χ3v) is 4.01. The number of rotatable bonds is 6. The monoisotopic (exact) mass is 428 g/mol. The number of carbonyl (C=O) groups is 3. The Morgan fingerprint density at radius 3 is 2.10 bits per heavy atom. The number of methoxy groups -OCH3 is 1. The number of barbiturate groups is 1. The fraction of sp³-hybridized carbons (Fsp3) is 0.0556. The molecule has 31 heavy (non-hydrogen) atoms. The van der Waals surface area contributed by atoms with Crippen molar-refractivity contribution < 1.29 is 33.7 Å². The quantitative estimate of drug-likeness (QED) is 0.301. The van der Waals surface area contributed by atoms with Crippen LogP contribution in [0.3, 0.4) is 0 Å². The van der Waals surface area contributed by atoms with Crippen LogP contribution in [-0.2, 0) is 9.59 Å². The lowest BCUT2D eigenvalue weighted by atomic mass is 10.1. The first-order valence-electron chi connectivity index (χ1n) is 8.36. The highest BCUT2D eigenvalue weighted by molar-refractivity contribution is 6.31. The largest absolute Gasteiger partial charge is 0.493 e. The van der Waals surface area contributed by atoms with E-state index in [0.717, 1.165) is 18.2 Å². The van der Waals surface area contributed by atoms with Crippen molar-refractivity contribution in [2.75, 3.05) is 7.11 Å². The number of hydrogen-bond acceptors (Lipinski definition) is 9. The molecule has 0 spiro atoms. The molecule has 0 bridgehead atoms. The van der Waals surface area contributed by atoms with Crippen molar-refractivity contribution in [1.29, 1.82) is 0 Å². The average Bonchev–Trinajstić information content (AvgIpc) is 2.71. The number of amides is 4. The maximum atomic E-state index is 11.8. The molecule has 0 atom stereocenters. The standard InChI is InChI=1S/C18H12N4O9/c1-30-15-7-9(6-11-16(23)19-18(25)20-17(11)24)2-4-14(15)31-13-5-3-10(21(26)27)8-12(13)22(28)29/h2-8H,1H3,(H2,19,20,23,24,25). The zero-order valence-electron chi connectivity index (χ0n) is 15.6. The molecule has 0 unspecified atom stereocenters. The lowest BCUT2D eigenvalue weighted by Gasteiger charge is -2.14. The highest BCUT2D eigenvalue weighted by atomic mass is 16.6. The van der Waals surface area contributed by atoms with Crippen LogP contribution >= 0.6 is 0 Å². The first-order chi connectivity index (χ1) is 14.7. The van der Waals surface area contributed by atoms with Gasteiger partial charge in [-0.25, -0.2) is 4.79 Å². The molecule has 2 aromatic rings. The number of nitrogens with one attached hydrogen (secondary N) is 2. The summed E-state index contributed by atoms with van der Waals surface area (Å²) in [5.74, 6) is -1.89. The molecule has 0 saturated carbocycles. The van der Waals surface area contributed by atoms with Crippen LogP contribution in [0.15, 0.2) is 42.0 Å². The number of urea groups is 1. The predicted octanol–water partition coefficient (Wildman–Crippen LogP) is 2.05.